The summed E-state index contributed by atoms with van der Waals surface area (Å²) in [5, 5.41) is 2.83. The van der Waals surface area contributed by atoms with Crippen LogP contribution in [0.4, 0.5) is 0 Å². The van der Waals surface area contributed by atoms with E-state index in [1.807, 2.05) is 18.7 Å². The predicted octanol–water partition coefficient (Wildman–Crippen LogP) is 1.30. The first-order valence-electron chi connectivity index (χ1n) is 7.24. The Kier molecular flexibility index (Phi) is 2.83. The smallest absolute Gasteiger partial charge is 0.246 e. The Morgan fingerprint density at radius 2 is 2.06 bits per heavy atom. The Bertz CT molecular complexity index is 382. The Balaban J connectivity index is 1.84. The topological polar surface area (TPSA) is 49.4 Å². The van der Waals surface area contributed by atoms with E-state index in [0.717, 1.165) is 12.3 Å². The van der Waals surface area contributed by atoms with Gasteiger partial charge in [0, 0.05) is 6.04 Å². The van der Waals surface area contributed by atoms with Crippen LogP contribution >= 0.6 is 0 Å². The maximum Gasteiger partial charge on any atom is 0.246 e. The van der Waals surface area contributed by atoms with Crippen molar-refractivity contribution < 1.29 is 9.59 Å². The van der Waals surface area contributed by atoms with Gasteiger partial charge < -0.3 is 10.2 Å². The number of carbonyl (C=O) groups is 2. The standard InChI is InChI=1S/C14H22N2O2/c1-3-11-14(18)16(8(2)13(17)15-11)12-7-9-4-5-10(12)6-9/h8-12H,3-7H2,1-2H3,(H,15,17). The molecule has 1 N–H and O–H groups in total. The summed E-state index contributed by atoms with van der Waals surface area (Å²) in [6.45, 7) is 3.82. The highest BCUT2D eigenvalue weighted by molar-refractivity contribution is 5.96. The van der Waals surface area contributed by atoms with Gasteiger partial charge in [0.1, 0.15) is 12.1 Å². The molecule has 3 aliphatic rings. The maximum absolute atomic E-state index is 12.5. The van der Waals surface area contributed by atoms with E-state index in [1.54, 1.807) is 0 Å². The van der Waals surface area contributed by atoms with Crippen molar-refractivity contribution in [3.8, 4) is 0 Å². The van der Waals surface area contributed by atoms with Crippen LogP contribution in [-0.4, -0.2) is 34.8 Å². The lowest BCUT2D eigenvalue weighted by Gasteiger charge is -2.43. The molecule has 0 aromatic rings. The van der Waals surface area contributed by atoms with E-state index in [2.05, 4.69) is 5.32 Å². The Morgan fingerprint density at radius 1 is 1.28 bits per heavy atom. The summed E-state index contributed by atoms with van der Waals surface area (Å²) in [5.41, 5.74) is 0. The third kappa shape index (κ3) is 1.65. The highest BCUT2D eigenvalue weighted by atomic mass is 16.2. The van der Waals surface area contributed by atoms with Crippen LogP contribution in [0, 0.1) is 11.8 Å². The fraction of sp³-hybridized carbons (Fsp3) is 0.857. The molecule has 0 aromatic carbocycles. The van der Waals surface area contributed by atoms with Crippen LogP contribution in [0.2, 0.25) is 0 Å². The summed E-state index contributed by atoms with van der Waals surface area (Å²) in [4.78, 5) is 26.4. The van der Waals surface area contributed by atoms with E-state index >= 15 is 0 Å². The van der Waals surface area contributed by atoms with Crippen molar-refractivity contribution in [2.24, 2.45) is 11.8 Å². The van der Waals surface area contributed by atoms with Crippen molar-refractivity contribution in [1.82, 2.24) is 10.2 Å². The molecule has 4 nitrogen and oxygen atoms in total. The second kappa shape index (κ2) is 4.25. The fourth-order valence-electron chi connectivity index (χ4n) is 4.13. The van der Waals surface area contributed by atoms with Gasteiger partial charge in [-0.1, -0.05) is 13.3 Å². The maximum atomic E-state index is 12.5. The van der Waals surface area contributed by atoms with Crippen molar-refractivity contribution in [2.75, 3.05) is 0 Å². The molecular formula is C14H22N2O2. The van der Waals surface area contributed by atoms with Gasteiger partial charge in [0.15, 0.2) is 0 Å². The number of nitrogens with one attached hydrogen (secondary N) is 1. The monoisotopic (exact) mass is 250 g/mol. The van der Waals surface area contributed by atoms with Crippen molar-refractivity contribution in [1.29, 1.82) is 0 Å². The zero-order valence-electron chi connectivity index (χ0n) is 11.2. The van der Waals surface area contributed by atoms with Crippen molar-refractivity contribution in [3.63, 3.8) is 0 Å². The summed E-state index contributed by atoms with van der Waals surface area (Å²) in [6, 6.07) is -0.260. The van der Waals surface area contributed by atoms with Crippen LogP contribution in [-0.2, 0) is 9.59 Å². The van der Waals surface area contributed by atoms with Gasteiger partial charge in [0.05, 0.1) is 0 Å². The molecule has 18 heavy (non-hydrogen) atoms. The van der Waals surface area contributed by atoms with Gasteiger partial charge in [-0.3, -0.25) is 9.59 Å². The van der Waals surface area contributed by atoms with E-state index in [0.29, 0.717) is 18.4 Å². The molecule has 3 rings (SSSR count). The lowest BCUT2D eigenvalue weighted by atomic mass is 9.91. The molecular weight excluding hydrogens is 228 g/mol. The molecule has 2 amide bonds. The Labute approximate surface area is 108 Å². The molecule has 1 saturated heterocycles. The summed E-state index contributed by atoms with van der Waals surface area (Å²) in [7, 11) is 0. The lowest BCUT2D eigenvalue weighted by Crippen LogP contribution is -2.65. The fourth-order valence-corrected chi connectivity index (χ4v) is 4.13. The van der Waals surface area contributed by atoms with E-state index in [-0.39, 0.29) is 23.9 Å². The largest absolute Gasteiger partial charge is 0.343 e. The molecule has 100 valence electrons. The second-order valence-electron chi connectivity index (χ2n) is 6.13. The zero-order chi connectivity index (χ0) is 12.9. The van der Waals surface area contributed by atoms with Gasteiger partial charge in [-0.2, -0.15) is 0 Å². The van der Waals surface area contributed by atoms with Crippen LogP contribution in [0.3, 0.4) is 0 Å². The number of fused-ring (bicyclic) bond motifs is 2. The molecule has 0 spiro atoms. The average Bonchev–Trinajstić information content (AvgIpc) is 2.96. The molecule has 2 aliphatic carbocycles. The minimum Gasteiger partial charge on any atom is -0.343 e. The van der Waals surface area contributed by atoms with Gasteiger partial charge in [-0.15, -0.1) is 0 Å². The molecule has 3 fully saturated rings. The van der Waals surface area contributed by atoms with Gasteiger partial charge in [0.2, 0.25) is 11.8 Å². The molecule has 5 atom stereocenters. The predicted molar refractivity (Wildman–Crippen MR) is 67.8 cm³/mol. The minimum atomic E-state index is -0.298. The van der Waals surface area contributed by atoms with Crippen LogP contribution in [0.25, 0.3) is 0 Å². The van der Waals surface area contributed by atoms with Crippen molar-refractivity contribution in [3.05, 3.63) is 0 Å². The quantitative estimate of drug-likeness (QED) is 0.803. The highest BCUT2D eigenvalue weighted by Gasteiger charge is 2.49. The van der Waals surface area contributed by atoms with E-state index in [9.17, 15) is 9.59 Å². The van der Waals surface area contributed by atoms with Crippen molar-refractivity contribution >= 4 is 11.8 Å². The van der Waals surface area contributed by atoms with E-state index in [1.165, 1.54) is 19.3 Å². The lowest BCUT2D eigenvalue weighted by molar-refractivity contribution is -0.152. The number of nitrogens with zero attached hydrogens (tertiary/aromatic N) is 1. The molecule has 2 bridgehead atoms. The molecule has 1 heterocycles. The minimum absolute atomic E-state index is 0.0178. The van der Waals surface area contributed by atoms with Gasteiger partial charge in [-0.05, 0) is 44.4 Å². The Hall–Kier alpha value is -1.06. The highest BCUT2D eigenvalue weighted by Crippen LogP contribution is 2.47. The molecule has 0 radical (unpaired) electrons. The van der Waals surface area contributed by atoms with E-state index in [4.69, 9.17) is 0 Å². The van der Waals surface area contributed by atoms with Gasteiger partial charge >= 0.3 is 0 Å². The first kappa shape index (κ1) is 12.0. The number of rotatable bonds is 2. The molecule has 2 saturated carbocycles. The second-order valence-corrected chi connectivity index (χ2v) is 6.13. The third-order valence-corrected chi connectivity index (χ3v) is 5.13. The molecule has 1 aliphatic heterocycles. The van der Waals surface area contributed by atoms with Gasteiger partial charge in [-0.25, -0.2) is 0 Å². The summed E-state index contributed by atoms with van der Waals surface area (Å²) >= 11 is 0. The van der Waals surface area contributed by atoms with E-state index < -0.39 is 0 Å². The summed E-state index contributed by atoms with van der Waals surface area (Å²) in [6.07, 6.45) is 5.63. The van der Waals surface area contributed by atoms with Gasteiger partial charge in [0.25, 0.3) is 0 Å². The Morgan fingerprint density at radius 3 is 2.61 bits per heavy atom. The van der Waals surface area contributed by atoms with Crippen LogP contribution < -0.4 is 5.32 Å². The summed E-state index contributed by atoms with van der Waals surface area (Å²) < 4.78 is 0. The zero-order valence-corrected chi connectivity index (χ0v) is 11.2. The van der Waals surface area contributed by atoms with Crippen LogP contribution in [0.1, 0.15) is 46.0 Å². The van der Waals surface area contributed by atoms with Crippen LogP contribution in [0.15, 0.2) is 0 Å². The first-order chi connectivity index (χ1) is 8.61. The van der Waals surface area contributed by atoms with Crippen LogP contribution in [0.5, 0.6) is 0 Å². The first-order valence-corrected chi connectivity index (χ1v) is 7.24. The number of hydrogen-bond acceptors (Lipinski definition) is 2. The number of carbonyl (C=O) groups excluding carboxylic acids is 2. The average molecular weight is 250 g/mol. The normalized spacial score (nSPS) is 43.4. The number of hydrogen-bond donors (Lipinski definition) is 1. The summed E-state index contributed by atoms with van der Waals surface area (Å²) in [5.74, 6) is 1.60. The molecule has 0 aromatic heterocycles. The third-order valence-electron chi connectivity index (χ3n) is 5.13. The number of amides is 2. The molecule has 4 heteroatoms. The SMILES string of the molecule is CCC1NC(=O)C(C)N(C2CC3CCC2C3)C1=O. The van der Waals surface area contributed by atoms with Crippen molar-refractivity contribution in [2.45, 2.75) is 64.1 Å². The molecule has 5 unspecified atom stereocenters. The number of piperazine rings is 1.